The zero-order valence-electron chi connectivity index (χ0n) is 13.7. The number of thiophene rings is 1. The molecule has 1 unspecified atom stereocenters. The van der Waals surface area contributed by atoms with Crippen LogP contribution in [-0.2, 0) is 6.54 Å². The predicted molar refractivity (Wildman–Crippen MR) is 93.1 cm³/mol. The summed E-state index contributed by atoms with van der Waals surface area (Å²) in [7, 11) is 1.84. The highest BCUT2D eigenvalue weighted by Gasteiger charge is 2.20. The first-order valence-corrected chi connectivity index (χ1v) is 8.46. The molecule has 0 saturated carbocycles. The minimum absolute atomic E-state index is 0.0283. The van der Waals surface area contributed by atoms with E-state index < -0.39 is 0 Å². The molecule has 118 valence electrons. The van der Waals surface area contributed by atoms with E-state index in [-0.39, 0.29) is 12.1 Å². The van der Waals surface area contributed by atoms with Crippen molar-refractivity contribution in [1.82, 2.24) is 10.2 Å². The van der Waals surface area contributed by atoms with E-state index in [0.717, 1.165) is 5.56 Å². The predicted octanol–water partition coefficient (Wildman–Crippen LogP) is 4.60. The van der Waals surface area contributed by atoms with Gasteiger partial charge in [-0.25, -0.2) is 4.79 Å². The molecule has 0 bridgehead atoms. The highest BCUT2D eigenvalue weighted by molar-refractivity contribution is 7.10. The van der Waals surface area contributed by atoms with Gasteiger partial charge in [0.1, 0.15) is 0 Å². The monoisotopic (exact) mass is 316 g/mol. The summed E-state index contributed by atoms with van der Waals surface area (Å²) < 4.78 is 0. The minimum atomic E-state index is -0.0321. The summed E-state index contributed by atoms with van der Waals surface area (Å²) in [5.41, 5.74) is 2.39. The number of nitrogens with zero attached hydrogens (tertiary/aromatic N) is 1. The van der Waals surface area contributed by atoms with Gasteiger partial charge in [0.15, 0.2) is 0 Å². The van der Waals surface area contributed by atoms with Crippen LogP contribution in [0.5, 0.6) is 0 Å². The van der Waals surface area contributed by atoms with Crippen LogP contribution in [0.4, 0.5) is 4.79 Å². The number of rotatable bonds is 5. The Morgan fingerprint density at radius 2 is 1.91 bits per heavy atom. The molecule has 1 atom stereocenters. The summed E-state index contributed by atoms with van der Waals surface area (Å²) in [5, 5.41) is 5.22. The lowest BCUT2D eigenvalue weighted by Crippen LogP contribution is -2.40. The summed E-state index contributed by atoms with van der Waals surface area (Å²) in [6, 6.07) is 12.2. The fourth-order valence-corrected chi connectivity index (χ4v) is 3.35. The van der Waals surface area contributed by atoms with Gasteiger partial charge in [-0.1, -0.05) is 44.2 Å². The molecule has 1 N–H and O–H groups in total. The fourth-order valence-electron chi connectivity index (χ4n) is 2.39. The molecule has 1 aromatic carbocycles. The van der Waals surface area contributed by atoms with Crippen molar-refractivity contribution in [3.63, 3.8) is 0 Å². The Kier molecular flexibility index (Phi) is 5.61. The third kappa shape index (κ3) is 4.10. The van der Waals surface area contributed by atoms with E-state index in [1.807, 2.05) is 25.2 Å². The molecule has 1 aromatic heterocycles. The SMILES string of the molecule is Cc1ccsc1CN(C)C(=O)NC(c1ccccc1)C(C)C. The third-order valence-electron chi connectivity index (χ3n) is 3.80. The van der Waals surface area contributed by atoms with Crippen molar-refractivity contribution in [2.45, 2.75) is 33.4 Å². The topological polar surface area (TPSA) is 32.3 Å². The summed E-state index contributed by atoms with van der Waals surface area (Å²) >= 11 is 1.70. The van der Waals surface area contributed by atoms with Crippen molar-refractivity contribution in [2.75, 3.05) is 7.05 Å². The molecule has 0 saturated heterocycles. The number of amides is 2. The number of nitrogens with one attached hydrogen (secondary N) is 1. The van der Waals surface area contributed by atoms with Crippen LogP contribution in [0.15, 0.2) is 41.8 Å². The lowest BCUT2D eigenvalue weighted by molar-refractivity contribution is 0.199. The number of aryl methyl sites for hydroxylation is 1. The second-order valence-corrected chi connectivity index (χ2v) is 6.97. The molecule has 2 amide bonds. The highest BCUT2D eigenvalue weighted by atomic mass is 32.1. The van der Waals surface area contributed by atoms with E-state index in [9.17, 15) is 4.79 Å². The van der Waals surface area contributed by atoms with Gasteiger partial charge in [0.05, 0.1) is 12.6 Å². The van der Waals surface area contributed by atoms with Crippen LogP contribution in [0.3, 0.4) is 0 Å². The Hall–Kier alpha value is -1.81. The van der Waals surface area contributed by atoms with Gasteiger partial charge in [-0.2, -0.15) is 0 Å². The summed E-state index contributed by atoms with van der Waals surface area (Å²) in [6.45, 7) is 6.98. The first kappa shape index (κ1) is 16.6. The molecule has 1 heterocycles. The van der Waals surface area contributed by atoms with E-state index in [1.54, 1.807) is 16.2 Å². The second kappa shape index (κ2) is 7.45. The lowest BCUT2D eigenvalue weighted by Gasteiger charge is -2.26. The molecule has 0 fully saturated rings. The molecule has 0 aliphatic rings. The fraction of sp³-hybridized carbons (Fsp3) is 0.389. The van der Waals surface area contributed by atoms with Crippen molar-refractivity contribution < 1.29 is 4.79 Å². The Morgan fingerprint density at radius 1 is 1.23 bits per heavy atom. The molecule has 0 aliphatic heterocycles. The van der Waals surface area contributed by atoms with E-state index in [2.05, 4.69) is 49.7 Å². The molecule has 2 aromatic rings. The number of carbonyl (C=O) groups is 1. The van der Waals surface area contributed by atoms with E-state index >= 15 is 0 Å². The maximum absolute atomic E-state index is 12.5. The van der Waals surface area contributed by atoms with Gasteiger partial charge in [0.25, 0.3) is 0 Å². The summed E-state index contributed by atoms with van der Waals surface area (Å²) in [4.78, 5) is 15.5. The van der Waals surface area contributed by atoms with Gasteiger partial charge in [0, 0.05) is 11.9 Å². The number of urea groups is 1. The first-order chi connectivity index (χ1) is 10.5. The molecular weight excluding hydrogens is 292 g/mol. The van der Waals surface area contributed by atoms with Crippen LogP contribution in [0.2, 0.25) is 0 Å². The van der Waals surface area contributed by atoms with Crippen LogP contribution in [0.1, 0.15) is 35.9 Å². The van der Waals surface area contributed by atoms with E-state index in [1.165, 1.54) is 10.4 Å². The van der Waals surface area contributed by atoms with Crippen molar-refractivity contribution in [2.24, 2.45) is 5.92 Å². The number of benzene rings is 1. The van der Waals surface area contributed by atoms with Crippen molar-refractivity contribution in [1.29, 1.82) is 0 Å². The zero-order chi connectivity index (χ0) is 16.1. The summed E-state index contributed by atoms with van der Waals surface area (Å²) in [5.74, 6) is 0.336. The first-order valence-electron chi connectivity index (χ1n) is 7.58. The molecule has 4 heteroatoms. The van der Waals surface area contributed by atoms with Crippen LogP contribution in [0.25, 0.3) is 0 Å². The lowest BCUT2D eigenvalue weighted by atomic mass is 9.96. The molecule has 0 radical (unpaired) electrons. The van der Waals surface area contributed by atoms with Crippen molar-refractivity contribution in [3.05, 3.63) is 57.8 Å². The molecular formula is C18H24N2OS. The molecule has 3 nitrogen and oxygen atoms in total. The molecule has 22 heavy (non-hydrogen) atoms. The normalized spacial score (nSPS) is 12.2. The molecule has 2 rings (SSSR count). The van der Waals surface area contributed by atoms with Gasteiger partial charge in [-0.05, 0) is 35.4 Å². The van der Waals surface area contributed by atoms with Crippen LogP contribution in [0, 0.1) is 12.8 Å². The molecule has 0 aliphatic carbocycles. The second-order valence-electron chi connectivity index (χ2n) is 5.96. The average molecular weight is 316 g/mol. The zero-order valence-corrected chi connectivity index (χ0v) is 14.5. The smallest absolute Gasteiger partial charge is 0.317 e. The number of hydrogen-bond donors (Lipinski definition) is 1. The third-order valence-corrected chi connectivity index (χ3v) is 4.81. The van der Waals surface area contributed by atoms with Gasteiger partial charge < -0.3 is 10.2 Å². The van der Waals surface area contributed by atoms with E-state index in [0.29, 0.717) is 12.5 Å². The minimum Gasteiger partial charge on any atom is -0.331 e. The Bertz CT molecular complexity index is 607. The quantitative estimate of drug-likeness (QED) is 0.859. The Labute approximate surface area is 137 Å². The Morgan fingerprint density at radius 3 is 2.45 bits per heavy atom. The average Bonchev–Trinajstić information content (AvgIpc) is 2.90. The maximum Gasteiger partial charge on any atom is 0.317 e. The standard InChI is InChI=1S/C18H24N2OS/c1-13(2)17(15-8-6-5-7-9-15)19-18(21)20(4)12-16-14(3)10-11-22-16/h5-11,13,17H,12H2,1-4H3,(H,19,21). The largest absolute Gasteiger partial charge is 0.331 e. The van der Waals surface area contributed by atoms with Gasteiger partial charge in [0.2, 0.25) is 0 Å². The van der Waals surface area contributed by atoms with E-state index in [4.69, 9.17) is 0 Å². The van der Waals surface area contributed by atoms with Crippen molar-refractivity contribution in [3.8, 4) is 0 Å². The highest BCUT2D eigenvalue weighted by Crippen LogP contribution is 2.22. The van der Waals surface area contributed by atoms with Crippen LogP contribution in [-0.4, -0.2) is 18.0 Å². The van der Waals surface area contributed by atoms with Gasteiger partial charge in [-0.15, -0.1) is 11.3 Å². The van der Waals surface area contributed by atoms with Gasteiger partial charge >= 0.3 is 6.03 Å². The van der Waals surface area contributed by atoms with Crippen LogP contribution >= 0.6 is 11.3 Å². The molecule has 0 spiro atoms. The Balaban J connectivity index is 2.03. The summed E-state index contributed by atoms with van der Waals surface area (Å²) in [6.07, 6.45) is 0. The van der Waals surface area contributed by atoms with Crippen molar-refractivity contribution >= 4 is 17.4 Å². The van der Waals surface area contributed by atoms with Crippen LogP contribution < -0.4 is 5.32 Å². The number of hydrogen-bond acceptors (Lipinski definition) is 2. The number of carbonyl (C=O) groups excluding carboxylic acids is 1. The maximum atomic E-state index is 12.5. The van der Waals surface area contributed by atoms with Gasteiger partial charge in [-0.3, -0.25) is 0 Å².